The highest BCUT2D eigenvalue weighted by molar-refractivity contribution is 5.21. The summed E-state index contributed by atoms with van der Waals surface area (Å²) in [6.45, 7) is 3.76. The Labute approximate surface area is 117 Å². The topological polar surface area (TPSA) is 41.5 Å². The molecule has 2 N–H and O–H groups in total. The lowest BCUT2D eigenvalue weighted by Crippen LogP contribution is -2.34. The predicted molar refractivity (Wildman–Crippen MR) is 72.3 cm³/mol. The van der Waals surface area contributed by atoms with Crippen molar-refractivity contribution in [3.05, 3.63) is 47.0 Å². The van der Waals surface area contributed by atoms with Gasteiger partial charge < -0.3 is 15.2 Å². The summed E-state index contributed by atoms with van der Waals surface area (Å²) in [5.74, 6) is -1.86. The van der Waals surface area contributed by atoms with E-state index in [9.17, 15) is 13.9 Å². The number of hydrogen-bond acceptors (Lipinski definition) is 3. The fourth-order valence-corrected chi connectivity index (χ4v) is 2.12. The van der Waals surface area contributed by atoms with Gasteiger partial charge >= 0.3 is 0 Å². The van der Waals surface area contributed by atoms with Crippen molar-refractivity contribution >= 4 is 0 Å². The molecule has 0 bridgehead atoms. The molecule has 0 amide bonds. The van der Waals surface area contributed by atoms with Crippen LogP contribution in [-0.4, -0.2) is 30.9 Å². The summed E-state index contributed by atoms with van der Waals surface area (Å²) in [6.07, 6.45) is 2.12. The SMILES string of the molecule is CC(NCC1=CCCOC1)C(O)c1ccc(F)c(F)c1. The summed E-state index contributed by atoms with van der Waals surface area (Å²) in [5.41, 5.74) is 1.50. The van der Waals surface area contributed by atoms with Gasteiger partial charge in [-0.2, -0.15) is 0 Å². The standard InChI is InChI=1S/C15H19F2NO2/c1-10(18-8-11-3-2-6-20-9-11)15(19)12-4-5-13(16)14(17)7-12/h3-5,7,10,15,18-19H,2,6,8-9H2,1H3. The largest absolute Gasteiger partial charge is 0.387 e. The minimum atomic E-state index is -0.947. The molecule has 0 radical (unpaired) electrons. The Morgan fingerprint density at radius 1 is 1.35 bits per heavy atom. The van der Waals surface area contributed by atoms with Gasteiger partial charge in [-0.05, 0) is 36.6 Å². The van der Waals surface area contributed by atoms with E-state index in [1.54, 1.807) is 6.92 Å². The smallest absolute Gasteiger partial charge is 0.159 e. The average Bonchev–Trinajstić information content (AvgIpc) is 2.48. The molecule has 5 heteroatoms. The van der Waals surface area contributed by atoms with Gasteiger partial charge in [-0.25, -0.2) is 8.78 Å². The van der Waals surface area contributed by atoms with Crippen LogP contribution in [0.5, 0.6) is 0 Å². The van der Waals surface area contributed by atoms with Crippen LogP contribution in [0.25, 0.3) is 0 Å². The number of aliphatic hydroxyl groups excluding tert-OH is 1. The van der Waals surface area contributed by atoms with Gasteiger partial charge in [0.15, 0.2) is 11.6 Å². The van der Waals surface area contributed by atoms with Crippen LogP contribution in [0.3, 0.4) is 0 Å². The summed E-state index contributed by atoms with van der Waals surface area (Å²) in [6, 6.07) is 3.17. The maximum Gasteiger partial charge on any atom is 0.159 e. The van der Waals surface area contributed by atoms with Crippen LogP contribution in [0.15, 0.2) is 29.8 Å². The molecular weight excluding hydrogens is 264 g/mol. The summed E-state index contributed by atoms with van der Waals surface area (Å²) in [4.78, 5) is 0. The van der Waals surface area contributed by atoms with E-state index in [1.807, 2.05) is 0 Å². The molecule has 0 aromatic heterocycles. The van der Waals surface area contributed by atoms with Gasteiger partial charge in [0, 0.05) is 12.6 Å². The minimum absolute atomic E-state index is 0.275. The Morgan fingerprint density at radius 2 is 2.15 bits per heavy atom. The van der Waals surface area contributed by atoms with Crippen molar-refractivity contribution in [3.63, 3.8) is 0 Å². The maximum absolute atomic E-state index is 13.1. The number of rotatable bonds is 5. The van der Waals surface area contributed by atoms with E-state index in [2.05, 4.69) is 11.4 Å². The third-order valence-electron chi connectivity index (χ3n) is 3.39. The lowest BCUT2D eigenvalue weighted by atomic mass is 10.0. The lowest BCUT2D eigenvalue weighted by Gasteiger charge is -2.22. The first kappa shape index (κ1) is 15.1. The molecule has 20 heavy (non-hydrogen) atoms. The molecule has 1 aliphatic heterocycles. The fraction of sp³-hybridized carbons (Fsp3) is 0.467. The Kier molecular flexibility index (Phi) is 5.23. The van der Waals surface area contributed by atoms with Crippen LogP contribution < -0.4 is 5.32 Å². The Balaban J connectivity index is 1.92. The second-order valence-electron chi connectivity index (χ2n) is 4.99. The summed E-state index contributed by atoms with van der Waals surface area (Å²) >= 11 is 0. The number of hydrogen-bond donors (Lipinski definition) is 2. The van der Waals surface area contributed by atoms with E-state index in [1.165, 1.54) is 6.07 Å². The minimum Gasteiger partial charge on any atom is -0.387 e. The third kappa shape index (κ3) is 3.85. The highest BCUT2D eigenvalue weighted by Crippen LogP contribution is 2.19. The third-order valence-corrected chi connectivity index (χ3v) is 3.39. The second kappa shape index (κ2) is 6.92. The van der Waals surface area contributed by atoms with Crippen molar-refractivity contribution in [3.8, 4) is 0 Å². The summed E-state index contributed by atoms with van der Waals surface area (Å²) in [5, 5.41) is 13.3. The molecule has 3 nitrogen and oxygen atoms in total. The zero-order valence-electron chi connectivity index (χ0n) is 11.4. The molecule has 0 saturated carbocycles. The van der Waals surface area contributed by atoms with Crippen LogP contribution in [0.4, 0.5) is 8.78 Å². The van der Waals surface area contributed by atoms with Crippen LogP contribution in [-0.2, 0) is 4.74 Å². The van der Waals surface area contributed by atoms with Gasteiger partial charge in [0.05, 0.1) is 19.3 Å². The Hall–Kier alpha value is -1.30. The van der Waals surface area contributed by atoms with E-state index in [0.29, 0.717) is 18.7 Å². The molecule has 2 rings (SSSR count). The molecule has 1 aromatic carbocycles. The Bertz CT molecular complexity index is 491. The number of aliphatic hydroxyl groups is 1. The molecule has 1 heterocycles. The van der Waals surface area contributed by atoms with Crippen LogP contribution in [0.2, 0.25) is 0 Å². The molecule has 0 spiro atoms. The molecule has 1 aromatic rings. The molecule has 1 aliphatic rings. The summed E-state index contributed by atoms with van der Waals surface area (Å²) < 4.78 is 31.3. The number of benzene rings is 1. The maximum atomic E-state index is 13.1. The fourth-order valence-electron chi connectivity index (χ4n) is 2.12. The van der Waals surface area contributed by atoms with E-state index in [0.717, 1.165) is 30.7 Å². The van der Waals surface area contributed by atoms with Crippen molar-refractivity contribution in [1.29, 1.82) is 0 Å². The monoisotopic (exact) mass is 283 g/mol. The highest BCUT2D eigenvalue weighted by Gasteiger charge is 2.18. The molecule has 0 aliphatic carbocycles. The first-order valence-electron chi connectivity index (χ1n) is 6.70. The van der Waals surface area contributed by atoms with Gasteiger partial charge in [-0.15, -0.1) is 0 Å². The predicted octanol–water partition coefficient (Wildman–Crippen LogP) is 2.32. The summed E-state index contributed by atoms with van der Waals surface area (Å²) in [7, 11) is 0. The van der Waals surface area contributed by atoms with Crippen molar-refractivity contribution in [2.45, 2.75) is 25.5 Å². The molecule has 2 atom stereocenters. The van der Waals surface area contributed by atoms with E-state index in [4.69, 9.17) is 4.74 Å². The van der Waals surface area contributed by atoms with E-state index >= 15 is 0 Å². The molecule has 2 unspecified atom stereocenters. The molecule has 110 valence electrons. The quantitative estimate of drug-likeness (QED) is 0.815. The zero-order valence-corrected chi connectivity index (χ0v) is 11.4. The Morgan fingerprint density at radius 3 is 2.80 bits per heavy atom. The van der Waals surface area contributed by atoms with Crippen LogP contribution in [0.1, 0.15) is 25.0 Å². The first-order valence-corrected chi connectivity index (χ1v) is 6.70. The van der Waals surface area contributed by atoms with Crippen LogP contribution >= 0.6 is 0 Å². The van der Waals surface area contributed by atoms with Crippen molar-refractivity contribution < 1.29 is 18.6 Å². The molecule has 0 saturated heterocycles. The second-order valence-corrected chi connectivity index (χ2v) is 4.99. The average molecular weight is 283 g/mol. The highest BCUT2D eigenvalue weighted by atomic mass is 19.2. The van der Waals surface area contributed by atoms with Gasteiger partial charge in [0.25, 0.3) is 0 Å². The van der Waals surface area contributed by atoms with E-state index in [-0.39, 0.29) is 6.04 Å². The normalized spacial score (nSPS) is 18.5. The van der Waals surface area contributed by atoms with Crippen molar-refractivity contribution in [2.24, 2.45) is 0 Å². The van der Waals surface area contributed by atoms with E-state index < -0.39 is 17.7 Å². The number of nitrogens with one attached hydrogen (secondary N) is 1. The van der Waals surface area contributed by atoms with Gasteiger partial charge in [0.2, 0.25) is 0 Å². The first-order chi connectivity index (χ1) is 9.58. The van der Waals surface area contributed by atoms with Crippen molar-refractivity contribution in [2.75, 3.05) is 19.8 Å². The van der Waals surface area contributed by atoms with Crippen LogP contribution in [0, 0.1) is 11.6 Å². The number of halogens is 2. The van der Waals surface area contributed by atoms with Gasteiger partial charge in [-0.1, -0.05) is 12.1 Å². The lowest BCUT2D eigenvalue weighted by molar-refractivity contribution is 0.130. The van der Waals surface area contributed by atoms with Gasteiger partial charge in [-0.3, -0.25) is 0 Å². The van der Waals surface area contributed by atoms with Gasteiger partial charge in [0.1, 0.15) is 0 Å². The van der Waals surface area contributed by atoms with Crippen molar-refractivity contribution in [1.82, 2.24) is 5.32 Å². The zero-order chi connectivity index (χ0) is 14.5. The molecule has 0 fully saturated rings. The molecular formula is C15H19F2NO2. The number of ether oxygens (including phenoxy) is 1.